The molecule has 3 heterocycles. The number of hydrogen-bond donors (Lipinski definition) is 2. The third kappa shape index (κ3) is 2.53. The zero-order chi connectivity index (χ0) is 18.4. The first-order valence-corrected chi connectivity index (χ1v) is 9.02. The molecule has 5 rings (SSSR count). The number of anilines is 2. The summed E-state index contributed by atoms with van der Waals surface area (Å²) >= 11 is 1.50. The number of benzene rings is 2. The summed E-state index contributed by atoms with van der Waals surface area (Å²) in [5.74, 6) is -0.395. The predicted octanol–water partition coefficient (Wildman–Crippen LogP) is 5.26. The van der Waals surface area contributed by atoms with Crippen LogP contribution < -0.4 is 5.32 Å². The van der Waals surface area contributed by atoms with Crippen LogP contribution in [0.25, 0.3) is 33.1 Å². The average molecular weight is 379 g/mol. The van der Waals surface area contributed by atoms with E-state index in [1.165, 1.54) is 35.9 Å². The van der Waals surface area contributed by atoms with E-state index in [2.05, 4.69) is 25.5 Å². The standard InChI is InChI=1S/C19H11F2N5S/c20-14-5-2-6-15(21)17(14)25-19-13-8-27-7-12(13)10-3-1-4-11(16(10)24-19)18-22-9-23-26-18/h1-9H,(H,24,25)(H,22,23,26). The average Bonchev–Trinajstić information content (AvgIpc) is 3.36. The molecule has 5 aromatic rings. The summed E-state index contributed by atoms with van der Waals surface area (Å²) in [6.07, 6.45) is 1.42. The van der Waals surface area contributed by atoms with Crippen molar-refractivity contribution in [2.75, 3.05) is 5.32 Å². The van der Waals surface area contributed by atoms with Crippen molar-refractivity contribution in [2.24, 2.45) is 0 Å². The second-order valence-electron chi connectivity index (χ2n) is 5.92. The molecule has 2 N–H and O–H groups in total. The summed E-state index contributed by atoms with van der Waals surface area (Å²) in [5.41, 5.74) is 1.20. The highest BCUT2D eigenvalue weighted by Gasteiger charge is 2.16. The van der Waals surface area contributed by atoms with E-state index in [1.807, 2.05) is 29.0 Å². The van der Waals surface area contributed by atoms with Gasteiger partial charge in [-0.2, -0.15) is 16.4 Å². The SMILES string of the molecule is Fc1cccc(F)c1Nc1nc2c(-c3ncn[nH]3)cccc2c2cscc12. The molecule has 27 heavy (non-hydrogen) atoms. The van der Waals surface area contributed by atoms with E-state index >= 15 is 0 Å². The fourth-order valence-corrected chi connectivity index (χ4v) is 3.93. The van der Waals surface area contributed by atoms with Crippen LogP contribution >= 0.6 is 11.3 Å². The topological polar surface area (TPSA) is 66.5 Å². The third-order valence-corrected chi connectivity index (χ3v) is 5.09. The van der Waals surface area contributed by atoms with Gasteiger partial charge in [-0.1, -0.05) is 18.2 Å². The Labute approximate surface area is 155 Å². The molecule has 3 aromatic heterocycles. The van der Waals surface area contributed by atoms with Crippen LogP contribution in [-0.2, 0) is 0 Å². The van der Waals surface area contributed by atoms with Crippen LogP contribution in [0.15, 0.2) is 53.5 Å². The Hall–Kier alpha value is -3.39. The number of nitrogens with one attached hydrogen (secondary N) is 2. The molecule has 0 spiro atoms. The van der Waals surface area contributed by atoms with E-state index < -0.39 is 11.6 Å². The fraction of sp³-hybridized carbons (Fsp3) is 0. The van der Waals surface area contributed by atoms with Crippen LogP contribution in [0.3, 0.4) is 0 Å². The van der Waals surface area contributed by atoms with E-state index in [-0.39, 0.29) is 5.69 Å². The van der Waals surface area contributed by atoms with Gasteiger partial charge in [-0.25, -0.2) is 18.7 Å². The minimum Gasteiger partial charge on any atom is -0.335 e. The first-order valence-electron chi connectivity index (χ1n) is 8.08. The summed E-state index contributed by atoms with van der Waals surface area (Å²) in [7, 11) is 0. The largest absolute Gasteiger partial charge is 0.335 e. The van der Waals surface area contributed by atoms with E-state index in [4.69, 9.17) is 0 Å². The van der Waals surface area contributed by atoms with Crippen molar-refractivity contribution >= 4 is 44.5 Å². The minimum atomic E-state index is -0.677. The van der Waals surface area contributed by atoms with Crippen LogP contribution in [0.5, 0.6) is 0 Å². The quantitative estimate of drug-likeness (QED) is 0.449. The first kappa shape index (κ1) is 15.8. The van der Waals surface area contributed by atoms with Gasteiger partial charge in [-0.15, -0.1) is 0 Å². The van der Waals surface area contributed by atoms with Gasteiger partial charge in [0.05, 0.1) is 5.52 Å². The Morgan fingerprint density at radius 1 is 0.926 bits per heavy atom. The second kappa shape index (κ2) is 6.10. The van der Waals surface area contributed by atoms with Crippen LogP contribution in [0.4, 0.5) is 20.3 Å². The van der Waals surface area contributed by atoms with Gasteiger partial charge in [0, 0.05) is 27.1 Å². The van der Waals surface area contributed by atoms with Crippen molar-refractivity contribution in [3.05, 3.63) is 65.1 Å². The first-order chi connectivity index (χ1) is 13.2. The van der Waals surface area contributed by atoms with Crippen molar-refractivity contribution in [3.8, 4) is 11.4 Å². The minimum absolute atomic E-state index is 0.228. The summed E-state index contributed by atoms with van der Waals surface area (Å²) in [5, 5.41) is 16.1. The molecule has 0 amide bonds. The van der Waals surface area contributed by atoms with Gasteiger partial charge in [0.2, 0.25) is 0 Å². The highest BCUT2D eigenvalue weighted by molar-refractivity contribution is 7.09. The van der Waals surface area contributed by atoms with Gasteiger partial charge in [0.1, 0.15) is 29.5 Å². The number of thiophene rings is 1. The van der Waals surface area contributed by atoms with Crippen molar-refractivity contribution in [3.63, 3.8) is 0 Å². The zero-order valence-electron chi connectivity index (χ0n) is 13.7. The lowest BCUT2D eigenvalue weighted by Crippen LogP contribution is -2.00. The Morgan fingerprint density at radius 3 is 2.48 bits per heavy atom. The number of nitrogens with zero attached hydrogens (tertiary/aromatic N) is 3. The smallest absolute Gasteiger partial charge is 0.157 e. The molecule has 8 heteroatoms. The Bertz CT molecular complexity index is 1260. The Kier molecular flexibility index (Phi) is 3.58. The van der Waals surface area contributed by atoms with Crippen molar-refractivity contribution in [1.82, 2.24) is 20.2 Å². The zero-order valence-corrected chi connectivity index (χ0v) is 14.5. The molecule has 0 bridgehead atoms. The van der Waals surface area contributed by atoms with Gasteiger partial charge in [0.25, 0.3) is 0 Å². The lowest BCUT2D eigenvalue weighted by Gasteiger charge is -2.12. The van der Waals surface area contributed by atoms with Crippen LogP contribution in [0, 0.1) is 11.6 Å². The molecule has 0 saturated heterocycles. The molecule has 0 fully saturated rings. The normalized spacial score (nSPS) is 11.3. The van der Waals surface area contributed by atoms with E-state index in [0.29, 0.717) is 17.2 Å². The predicted molar refractivity (Wildman–Crippen MR) is 102 cm³/mol. The maximum atomic E-state index is 14.1. The molecule has 5 nitrogen and oxygen atoms in total. The van der Waals surface area contributed by atoms with Gasteiger partial charge >= 0.3 is 0 Å². The molecule has 0 radical (unpaired) electrons. The van der Waals surface area contributed by atoms with Crippen LogP contribution in [0.1, 0.15) is 0 Å². The summed E-state index contributed by atoms with van der Waals surface area (Å²) in [6, 6.07) is 9.50. The number of aromatic nitrogens is 4. The van der Waals surface area contributed by atoms with Gasteiger partial charge < -0.3 is 5.32 Å². The number of pyridine rings is 1. The fourth-order valence-electron chi connectivity index (χ4n) is 3.10. The summed E-state index contributed by atoms with van der Waals surface area (Å²) < 4.78 is 28.3. The van der Waals surface area contributed by atoms with Crippen molar-refractivity contribution in [2.45, 2.75) is 0 Å². The highest BCUT2D eigenvalue weighted by Crippen LogP contribution is 2.37. The molecular weight excluding hydrogens is 368 g/mol. The number of rotatable bonds is 3. The van der Waals surface area contributed by atoms with Crippen molar-refractivity contribution in [1.29, 1.82) is 0 Å². The molecule has 2 aromatic carbocycles. The highest BCUT2D eigenvalue weighted by atomic mass is 32.1. The molecule has 0 atom stereocenters. The number of para-hydroxylation sites is 2. The Balaban J connectivity index is 1.79. The number of hydrogen-bond acceptors (Lipinski definition) is 5. The Morgan fingerprint density at radius 2 is 1.70 bits per heavy atom. The monoisotopic (exact) mass is 379 g/mol. The molecule has 0 aliphatic carbocycles. The number of fused-ring (bicyclic) bond motifs is 3. The van der Waals surface area contributed by atoms with Gasteiger partial charge in [-0.05, 0) is 23.6 Å². The number of halogens is 2. The molecule has 0 aliphatic rings. The maximum Gasteiger partial charge on any atom is 0.157 e. The van der Waals surface area contributed by atoms with Gasteiger partial charge in [0.15, 0.2) is 5.82 Å². The van der Waals surface area contributed by atoms with E-state index in [9.17, 15) is 8.78 Å². The maximum absolute atomic E-state index is 14.1. The third-order valence-electron chi connectivity index (χ3n) is 4.34. The molecule has 0 unspecified atom stereocenters. The second-order valence-corrected chi connectivity index (χ2v) is 6.66. The lowest BCUT2D eigenvalue weighted by molar-refractivity contribution is 0.590. The molecule has 132 valence electrons. The summed E-state index contributed by atoms with van der Waals surface area (Å²) in [4.78, 5) is 8.89. The van der Waals surface area contributed by atoms with Gasteiger partial charge in [-0.3, -0.25) is 5.10 Å². The van der Waals surface area contributed by atoms with Crippen molar-refractivity contribution < 1.29 is 8.78 Å². The van der Waals surface area contributed by atoms with Crippen LogP contribution in [0.2, 0.25) is 0 Å². The molecule has 0 saturated carbocycles. The van der Waals surface area contributed by atoms with Crippen LogP contribution in [-0.4, -0.2) is 20.2 Å². The molecule has 0 aliphatic heterocycles. The number of H-pyrrole nitrogens is 1. The summed E-state index contributed by atoms with van der Waals surface area (Å²) in [6.45, 7) is 0. The van der Waals surface area contributed by atoms with E-state index in [0.717, 1.165) is 21.7 Å². The molecular formula is C19H11F2N5S. The number of aromatic amines is 1. The van der Waals surface area contributed by atoms with E-state index in [1.54, 1.807) is 0 Å². The lowest BCUT2D eigenvalue weighted by atomic mass is 10.1.